The topological polar surface area (TPSA) is 67.4 Å². The van der Waals surface area contributed by atoms with E-state index in [2.05, 4.69) is 10.6 Å². The monoisotopic (exact) mass is 386 g/mol. The van der Waals surface area contributed by atoms with Gasteiger partial charge in [0.1, 0.15) is 0 Å². The number of amides is 2. The number of urea groups is 1. The van der Waals surface area contributed by atoms with Gasteiger partial charge in [-0.15, -0.1) is 0 Å². The van der Waals surface area contributed by atoms with Crippen LogP contribution >= 0.6 is 0 Å². The van der Waals surface area contributed by atoms with Gasteiger partial charge in [0.25, 0.3) is 0 Å². The lowest BCUT2D eigenvalue weighted by atomic mass is 9.91. The number of benzene rings is 3. The average Bonchev–Trinajstić information content (AvgIpc) is 2.73. The minimum atomic E-state index is -0.570. The SMILES string of the molecule is CC1=C(C(=O)OCCc2ccccc2)[C@H](c2cccc3ccccc23)NC(=O)N1. The Morgan fingerprint density at radius 2 is 1.69 bits per heavy atom. The van der Waals surface area contributed by atoms with Crippen LogP contribution in [0.4, 0.5) is 4.79 Å². The number of allylic oxidation sites excluding steroid dienone is 1. The van der Waals surface area contributed by atoms with E-state index in [1.54, 1.807) is 6.92 Å². The Bertz CT molecular complexity index is 1080. The van der Waals surface area contributed by atoms with Crippen molar-refractivity contribution in [1.82, 2.24) is 10.6 Å². The molecule has 0 spiro atoms. The van der Waals surface area contributed by atoms with Crippen molar-refractivity contribution in [3.8, 4) is 0 Å². The highest BCUT2D eigenvalue weighted by Crippen LogP contribution is 2.32. The van der Waals surface area contributed by atoms with Crippen molar-refractivity contribution < 1.29 is 14.3 Å². The number of esters is 1. The summed E-state index contributed by atoms with van der Waals surface area (Å²) in [5.74, 6) is -0.427. The third kappa shape index (κ3) is 3.99. The molecule has 1 aliphatic rings. The summed E-state index contributed by atoms with van der Waals surface area (Å²) in [5, 5.41) is 7.62. The molecule has 0 radical (unpaired) electrons. The molecule has 0 saturated heterocycles. The number of nitrogens with one attached hydrogen (secondary N) is 2. The molecule has 0 unspecified atom stereocenters. The number of fused-ring (bicyclic) bond motifs is 1. The van der Waals surface area contributed by atoms with Crippen LogP contribution in [-0.4, -0.2) is 18.6 Å². The second-order valence-electron chi connectivity index (χ2n) is 7.01. The lowest BCUT2D eigenvalue weighted by Gasteiger charge is -2.29. The third-order valence-electron chi connectivity index (χ3n) is 5.09. The molecule has 4 rings (SSSR count). The van der Waals surface area contributed by atoms with E-state index in [4.69, 9.17) is 4.74 Å². The lowest BCUT2D eigenvalue weighted by Crippen LogP contribution is -2.45. The van der Waals surface area contributed by atoms with Crippen LogP contribution in [0.25, 0.3) is 10.8 Å². The predicted molar refractivity (Wildman–Crippen MR) is 112 cm³/mol. The van der Waals surface area contributed by atoms with Gasteiger partial charge in [0.05, 0.1) is 18.2 Å². The smallest absolute Gasteiger partial charge is 0.338 e. The summed E-state index contributed by atoms with van der Waals surface area (Å²) in [5.41, 5.74) is 2.91. The zero-order valence-electron chi connectivity index (χ0n) is 16.1. The summed E-state index contributed by atoms with van der Waals surface area (Å²) < 4.78 is 5.57. The standard InChI is InChI=1S/C24H22N2O3/c1-16-21(23(27)29-15-14-17-8-3-2-4-9-17)22(26-24(28)25-16)20-13-7-11-18-10-5-6-12-19(18)20/h2-13,22H,14-15H2,1H3,(H2,25,26,28)/t22-/m0/s1. The van der Waals surface area contributed by atoms with Gasteiger partial charge in [0.2, 0.25) is 0 Å². The quantitative estimate of drug-likeness (QED) is 0.644. The summed E-state index contributed by atoms with van der Waals surface area (Å²) in [4.78, 5) is 25.1. The molecule has 5 nitrogen and oxygen atoms in total. The first-order chi connectivity index (χ1) is 14.1. The van der Waals surface area contributed by atoms with E-state index in [9.17, 15) is 9.59 Å². The molecule has 0 fully saturated rings. The first-order valence-corrected chi connectivity index (χ1v) is 9.60. The minimum absolute atomic E-state index is 0.274. The van der Waals surface area contributed by atoms with Crippen molar-refractivity contribution in [3.63, 3.8) is 0 Å². The van der Waals surface area contributed by atoms with Crippen LogP contribution in [-0.2, 0) is 16.0 Å². The zero-order chi connectivity index (χ0) is 20.2. The second-order valence-corrected chi connectivity index (χ2v) is 7.01. The van der Waals surface area contributed by atoms with Gasteiger partial charge in [-0.1, -0.05) is 72.8 Å². The Kier molecular flexibility index (Phi) is 5.29. The molecule has 0 aliphatic carbocycles. The maximum absolute atomic E-state index is 13.0. The van der Waals surface area contributed by atoms with E-state index in [0.717, 1.165) is 21.9 Å². The Labute approximate surface area is 169 Å². The van der Waals surface area contributed by atoms with E-state index in [-0.39, 0.29) is 12.6 Å². The van der Waals surface area contributed by atoms with Gasteiger partial charge in [-0.25, -0.2) is 9.59 Å². The van der Waals surface area contributed by atoms with E-state index >= 15 is 0 Å². The van der Waals surface area contributed by atoms with Crippen LogP contribution < -0.4 is 10.6 Å². The highest BCUT2D eigenvalue weighted by molar-refractivity contribution is 5.97. The van der Waals surface area contributed by atoms with Gasteiger partial charge in [-0.05, 0) is 28.8 Å². The fourth-order valence-electron chi connectivity index (χ4n) is 3.68. The van der Waals surface area contributed by atoms with Crippen molar-refractivity contribution in [2.75, 3.05) is 6.61 Å². The van der Waals surface area contributed by atoms with E-state index in [1.807, 2.05) is 72.8 Å². The molecule has 3 aromatic rings. The van der Waals surface area contributed by atoms with Crippen molar-refractivity contribution in [2.45, 2.75) is 19.4 Å². The maximum Gasteiger partial charge on any atom is 0.338 e. The maximum atomic E-state index is 13.0. The molecule has 1 atom stereocenters. The summed E-state index contributed by atoms with van der Waals surface area (Å²) in [7, 11) is 0. The first-order valence-electron chi connectivity index (χ1n) is 9.60. The molecule has 1 aliphatic heterocycles. The molecule has 0 aromatic heterocycles. The fraction of sp³-hybridized carbons (Fsp3) is 0.167. The zero-order valence-corrected chi connectivity index (χ0v) is 16.1. The van der Waals surface area contributed by atoms with Crippen molar-refractivity contribution in [1.29, 1.82) is 0 Å². The third-order valence-corrected chi connectivity index (χ3v) is 5.09. The number of carbonyl (C=O) groups is 2. The molecule has 1 heterocycles. The van der Waals surface area contributed by atoms with Crippen molar-refractivity contribution in [3.05, 3.63) is 95.2 Å². The van der Waals surface area contributed by atoms with Crippen LogP contribution in [0, 0.1) is 0 Å². The fourth-order valence-corrected chi connectivity index (χ4v) is 3.68. The molecule has 0 saturated carbocycles. The van der Waals surface area contributed by atoms with Gasteiger partial charge in [0.15, 0.2) is 0 Å². The van der Waals surface area contributed by atoms with E-state index in [1.165, 1.54) is 0 Å². The normalized spacial score (nSPS) is 16.3. The number of carbonyl (C=O) groups excluding carboxylic acids is 2. The molecule has 5 heteroatoms. The van der Waals surface area contributed by atoms with Crippen molar-refractivity contribution >= 4 is 22.8 Å². The molecule has 29 heavy (non-hydrogen) atoms. The molecule has 146 valence electrons. The molecule has 3 aromatic carbocycles. The van der Waals surface area contributed by atoms with E-state index < -0.39 is 12.0 Å². The Morgan fingerprint density at radius 1 is 0.966 bits per heavy atom. The number of hydrogen-bond acceptors (Lipinski definition) is 3. The summed E-state index contributed by atoms with van der Waals surface area (Å²) in [6.07, 6.45) is 0.637. The Hall–Kier alpha value is -3.60. The van der Waals surface area contributed by atoms with Gasteiger partial charge in [-0.3, -0.25) is 0 Å². The minimum Gasteiger partial charge on any atom is -0.462 e. The van der Waals surface area contributed by atoms with Gasteiger partial charge < -0.3 is 15.4 Å². The highest BCUT2D eigenvalue weighted by atomic mass is 16.5. The summed E-state index contributed by atoms with van der Waals surface area (Å²) in [6.45, 7) is 2.00. The molecule has 2 amide bonds. The van der Waals surface area contributed by atoms with Crippen LogP contribution in [0.2, 0.25) is 0 Å². The predicted octanol–water partition coefficient (Wildman–Crippen LogP) is 4.25. The molecule has 2 N–H and O–H groups in total. The lowest BCUT2D eigenvalue weighted by molar-refractivity contribution is -0.139. The van der Waals surface area contributed by atoms with Gasteiger partial charge in [0, 0.05) is 12.1 Å². The molecular formula is C24H22N2O3. The molecule has 0 bridgehead atoms. The first kappa shape index (κ1) is 18.7. The molecular weight excluding hydrogens is 364 g/mol. The van der Waals surface area contributed by atoms with Crippen LogP contribution in [0.1, 0.15) is 24.1 Å². The second kappa shape index (κ2) is 8.19. The highest BCUT2D eigenvalue weighted by Gasteiger charge is 2.33. The van der Waals surface area contributed by atoms with Gasteiger partial charge in [-0.2, -0.15) is 0 Å². The number of hydrogen-bond donors (Lipinski definition) is 2. The summed E-state index contributed by atoms with van der Waals surface area (Å²) >= 11 is 0. The van der Waals surface area contributed by atoms with Crippen molar-refractivity contribution in [2.24, 2.45) is 0 Å². The number of rotatable bonds is 5. The summed E-state index contributed by atoms with van der Waals surface area (Å²) in [6, 6.07) is 22.8. The van der Waals surface area contributed by atoms with Crippen LogP contribution in [0.15, 0.2) is 84.1 Å². The van der Waals surface area contributed by atoms with Crippen LogP contribution in [0.3, 0.4) is 0 Å². The Balaban J connectivity index is 1.61. The van der Waals surface area contributed by atoms with E-state index in [0.29, 0.717) is 17.7 Å². The largest absolute Gasteiger partial charge is 0.462 e. The average molecular weight is 386 g/mol. The number of ether oxygens (including phenoxy) is 1. The Morgan fingerprint density at radius 3 is 2.52 bits per heavy atom. The van der Waals surface area contributed by atoms with Crippen LogP contribution in [0.5, 0.6) is 0 Å². The van der Waals surface area contributed by atoms with Gasteiger partial charge >= 0.3 is 12.0 Å².